The minimum atomic E-state index is -0.0282. The van der Waals surface area contributed by atoms with Gasteiger partial charge in [-0.1, -0.05) is 36.9 Å². The Balaban J connectivity index is 2.07. The van der Waals surface area contributed by atoms with Gasteiger partial charge in [-0.15, -0.1) is 0 Å². The van der Waals surface area contributed by atoms with E-state index in [0.29, 0.717) is 12.6 Å². The highest BCUT2D eigenvalue weighted by Crippen LogP contribution is 2.43. The maximum atomic E-state index is 9.89. The molecule has 112 valence electrons. The van der Waals surface area contributed by atoms with Gasteiger partial charge in [0, 0.05) is 13.6 Å². The van der Waals surface area contributed by atoms with Crippen molar-refractivity contribution in [3.63, 3.8) is 0 Å². The molecule has 0 saturated carbocycles. The molecule has 0 aliphatic carbocycles. The average molecular weight is 285 g/mol. The number of nitrogens with zero attached hydrogens (tertiary/aromatic N) is 2. The summed E-state index contributed by atoms with van der Waals surface area (Å²) in [6.07, 6.45) is 1.01. The summed E-state index contributed by atoms with van der Waals surface area (Å²) in [5.41, 5.74) is 5.53. The SMILES string of the molecule is C=C(O)C1=C2N(C)C(c3ccccc3)CC(C)(C)N2NC1. The lowest BCUT2D eigenvalue weighted by Crippen LogP contribution is -2.56. The monoisotopic (exact) mass is 285 g/mol. The van der Waals surface area contributed by atoms with Gasteiger partial charge in [-0.2, -0.15) is 0 Å². The quantitative estimate of drug-likeness (QED) is 0.820. The predicted octanol–water partition coefficient (Wildman–Crippen LogP) is 2.95. The van der Waals surface area contributed by atoms with E-state index in [1.165, 1.54) is 5.56 Å². The van der Waals surface area contributed by atoms with Gasteiger partial charge in [0.05, 0.1) is 17.2 Å². The van der Waals surface area contributed by atoms with Crippen LogP contribution in [0.25, 0.3) is 0 Å². The van der Waals surface area contributed by atoms with Gasteiger partial charge < -0.3 is 10.0 Å². The van der Waals surface area contributed by atoms with Crippen molar-refractivity contribution in [3.8, 4) is 0 Å². The zero-order valence-corrected chi connectivity index (χ0v) is 12.9. The third kappa shape index (κ3) is 2.20. The zero-order chi connectivity index (χ0) is 15.2. The molecule has 3 rings (SSSR count). The highest BCUT2D eigenvalue weighted by atomic mass is 16.3. The van der Waals surface area contributed by atoms with Crippen LogP contribution >= 0.6 is 0 Å². The van der Waals surface area contributed by atoms with Crippen molar-refractivity contribution in [2.45, 2.75) is 31.8 Å². The number of benzene rings is 1. The Bertz CT molecular complexity index is 591. The second-order valence-electron chi connectivity index (χ2n) is 6.47. The lowest BCUT2D eigenvalue weighted by molar-refractivity contribution is 0.00139. The summed E-state index contributed by atoms with van der Waals surface area (Å²) in [5.74, 6) is 1.18. The normalized spacial score (nSPS) is 24.2. The standard InChI is InChI=1S/C17H23N3O/c1-12(21)14-11-18-20-16(14)19(4)15(10-17(20,2)3)13-8-6-5-7-9-13/h5-9,15,18,21H,1,10-11H2,2-4H3. The van der Waals surface area contributed by atoms with Gasteiger partial charge in [0.25, 0.3) is 0 Å². The van der Waals surface area contributed by atoms with Crippen LogP contribution < -0.4 is 5.43 Å². The highest BCUT2D eigenvalue weighted by Gasteiger charge is 2.45. The molecule has 1 saturated heterocycles. The Morgan fingerprint density at radius 3 is 2.62 bits per heavy atom. The molecule has 0 radical (unpaired) electrons. The molecular weight excluding hydrogens is 262 g/mol. The van der Waals surface area contributed by atoms with E-state index in [9.17, 15) is 5.11 Å². The highest BCUT2D eigenvalue weighted by molar-refractivity contribution is 5.35. The van der Waals surface area contributed by atoms with Crippen LogP contribution in [0, 0.1) is 0 Å². The van der Waals surface area contributed by atoms with Crippen LogP contribution in [-0.2, 0) is 0 Å². The smallest absolute Gasteiger partial charge is 0.128 e. The third-order valence-corrected chi connectivity index (χ3v) is 4.53. The number of rotatable bonds is 2. The van der Waals surface area contributed by atoms with Crippen molar-refractivity contribution < 1.29 is 5.11 Å². The summed E-state index contributed by atoms with van der Waals surface area (Å²) < 4.78 is 0. The summed E-state index contributed by atoms with van der Waals surface area (Å²) in [6.45, 7) is 8.79. The Kier molecular flexibility index (Phi) is 3.21. The minimum absolute atomic E-state index is 0.0282. The van der Waals surface area contributed by atoms with Crippen molar-refractivity contribution in [2.24, 2.45) is 0 Å². The van der Waals surface area contributed by atoms with E-state index in [4.69, 9.17) is 0 Å². The first-order valence-corrected chi connectivity index (χ1v) is 7.35. The first-order valence-electron chi connectivity index (χ1n) is 7.35. The number of fused-ring (bicyclic) bond motifs is 1. The van der Waals surface area contributed by atoms with E-state index in [1.54, 1.807) is 0 Å². The topological polar surface area (TPSA) is 38.7 Å². The van der Waals surface area contributed by atoms with E-state index >= 15 is 0 Å². The number of aliphatic hydroxyl groups excluding tert-OH is 1. The van der Waals surface area contributed by atoms with E-state index < -0.39 is 0 Å². The molecule has 4 heteroatoms. The Morgan fingerprint density at radius 2 is 2.00 bits per heavy atom. The summed E-state index contributed by atoms with van der Waals surface area (Å²) in [6, 6.07) is 10.8. The summed E-state index contributed by atoms with van der Waals surface area (Å²) in [7, 11) is 2.09. The van der Waals surface area contributed by atoms with Gasteiger partial charge in [-0.3, -0.25) is 5.01 Å². The van der Waals surface area contributed by atoms with Crippen molar-refractivity contribution in [1.29, 1.82) is 0 Å². The number of hydrazine groups is 1. The van der Waals surface area contributed by atoms with Crippen LogP contribution in [0.1, 0.15) is 31.9 Å². The average Bonchev–Trinajstić information content (AvgIpc) is 2.90. The molecule has 0 aromatic heterocycles. The molecular formula is C17H23N3O. The summed E-state index contributed by atoms with van der Waals surface area (Å²) in [4.78, 5) is 2.25. The fraction of sp³-hybridized carbons (Fsp3) is 0.412. The van der Waals surface area contributed by atoms with E-state index in [-0.39, 0.29) is 11.3 Å². The second-order valence-corrected chi connectivity index (χ2v) is 6.47. The molecule has 21 heavy (non-hydrogen) atoms. The first-order chi connectivity index (χ1) is 9.92. The molecule has 2 aliphatic heterocycles. The van der Waals surface area contributed by atoms with Crippen LogP contribution in [0.4, 0.5) is 0 Å². The van der Waals surface area contributed by atoms with Crippen molar-refractivity contribution in [3.05, 3.63) is 59.6 Å². The maximum Gasteiger partial charge on any atom is 0.128 e. The Morgan fingerprint density at radius 1 is 1.33 bits per heavy atom. The maximum absolute atomic E-state index is 9.89. The molecule has 2 N–H and O–H groups in total. The molecule has 1 fully saturated rings. The molecule has 0 bridgehead atoms. The zero-order valence-electron chi connectivity index (χ0n) is 12.9. The first kappa shape index (κ1) is 14.0. The van der Waals surface area contributed by atoms with Crippen LogP contribution in [0.15, 0.2) is 54.1 Å². The Hall–Kier alpha value is -1.94. The number of hydrogen-bond acceptors (Lipinski definition) is 4. The van der Waals surface area contributed by atoms with Crippen molar-refractivity contribution >= 4 is 0 Å². The van der Waals surface area contributed by atoms with Crippen LogP contribution in [0.2, 0.25) is 0 Å². The molecule has 1 atom stereocenters. The largest absolute Gasteiger partial charge is 0.508 e. The van der Waals surface area contributed by atoms with Crippen molar-refractivity contribution in [1.82, 2.24) is 15.3 Å². The summed E-state index contributed by atoms with van der Waals surface area (Å²) >= 11 is 0. The second kappa shape index (κ2) is 4.81. The van der Waals surface area contributed by atoms with Gasteiger partial charge in [-0.05, 0) is 25.8 Å². The third-order valence-electron chi connectivity index (χ3n) is 4.53. The van der Waals surface area contributed by atoms with Crippen LogP contribution in [0.3, 0.4) is 0 Å². The molecule has 1 unspecified atom stereocenters. The number of nitrogens with one attached hydrogen (secondary N) is 1. The van der Waals surface area contributed by atoms with E-state index in [1.807, 2.05) is 6.07 Å². The van der Waals surface area contributed by atoms with Crippen molar-refractivity contribution in [2.75, 3.05) is 13.6 Å². The molecule has 1 aromatic carbocycles. The molecule has 0 amide bonds. The molecule has 2 heterocycles. The van der Waals surface area contributed by atoms with Crippen LogP contribution in [-0.4, -0.2) is 34.1 Å². The van der Waals surface area contributed by atoms with Gasteiger partial charge >= 0.3 is 0 Å². The van der Waals surface area contributed by atoms with Gasteiger partial charge in [0.15, 0.2) is 0 Å². The number of aliphatic hydroxyl groups is 1. The molecule has 4 nitrogen and oxygen atoms in total. The molecule has 2 aliphatic rings. The minimum Gasteiger partial charge on any atom is -0.508 e. The predicted molar refractivity (Wildman–Crippen MR) is 84.3 cm³/mol. The number of hydrogen-bond donors (Lipinski definition) is 2. The van der Waals surface area contributed by atoms with Crippen LogP contribution in [0.5, 0.6) is 0 Å². The Labute approximate surface area is 126 Å². The fourth-order valence-electron chi connectivity index (χ4n) is 3.42. The van der Waals surface area contributed by atoms with Gasteiger partial charge in [0.2, 0.25) is 0 Å². The van der Waals surface area contributed by atoms with E-state index in [2.05, 4.69) is 67.1 Å². The lowest BCUT2D eigenvalue weighted by Gasteiger charge is -2.51. The molecule has 1 aromatic rings. The van der Waals surface area contributed by atoms with E-state index in [0.717, 1.165) is 17.8 Å². The van der Waals surface area contributed by atoms with Gasteiger partial charge in [0.1, 0.15) is 11.6 Å². The van der Waals surface area contributed by atoms with Gasteiger partial charge in [-0.25, -0.2) is 5.43 Å². The molecule has 0 spiro atoms. The lowest BCUT2D eigenvalue weighted by atomic mass is 9.87. The fourth-order valence-corrected chi connectivity index (χ4v) is 3.42. The summed E-state index contributed by atoms with van der Waals surface area (Å²) in [5, 5.41) is 12.1.